The molecule has 2 rings (SSSR count). The highest BCUT2D eigenvalue weighted by Crippen LogP contribution is 2.25. The van der Waals surface area contributed by atoms with Gasteiger partial charge in [-0.25, -0.2) is 0 Å². The maximum atomic E-state index is 11.9. The van der Waals surface area contributed by atoms with E-state index in [0.29, 0.717) is 6.54 Å². The number of aryl methyl sites for hydroxylation is 2. The van der Waals surface area contributed by atoms with E-state index in [-0.39, 0.29) is 11.6 Å². The summed E-state index contributed by atoms with van der Waals surface area (Å²) in [5.41, 5.74) is 9.18. The van der Waals surface area contributed by atoms with Crippen LogP contribution < -0.4 is 16.0 Å². The van der Waals surface area contributed by atoms with Crippen molar-refractivity contribution in [1.29, 1.82) is 0 Å². The molecule has 1 atom stereocenters. The van der Waals surface area contributed by atoms with E-state index in [1.807, 2.05) is 38.1 Å². The van der Waals surface area contributed by atoms with Gasteiger partial charge in [0.05, 0.1) is 13.2 Å². The molecule has 0 saturated carbocycles. The SMILES string of the molecule is COc1ccc(C)cc1C(N)Cn1c(C)cccc1=O. The van der Waals surface area contributed by atoms with E-state index in [1.54, 1.807) is 23.8 Å². The second kappa shape index (κ2) is 5.92. The Balaban J connectivity index is 2.35. The minimum atomic E-state index is -0.288. The van der Waals surface area contributed by atoms with Crippen LogP contribution in [0.3, 0.4) is 0 Å². The van der Waals surface area contributed by atoms with E-state index in [9.17, 15) is 4.79 Å². The van der Waals surface area contributed by atoms with Crippen molar-refractivity contribution in [1.82, 2.24) is 4.57 Å². The number of hydrogen-bond acceptors (Lipinski definition) is 3. The Bertz CT molecular complexity index is 662. The maximum absolute atomic E-state index is 11.9. The summed E-state index contributed by atoms with van der Waals surface area (Å²) in [5, 5.41) is 0. The third-order valence-corrected chi connectivity index (χ3v) is 3.43. The Hall–Kier alpha value is -2.07. The summed E-state index contributed by atoms with van der Waals surface area (Å²) in [5.74, 6) is 0.754. The summed E-state index contributed by atoms with van der Waals surface area (Å²) in [7, 11) is 1.63. The molecule has 1 unspecified atom stereocenters. The lowest BCUT2D eigenvalue weighted by molar-refractivity contribution is 0.401. The van der Waals surface area contributed by atoms with Crippen molar-refractivity contribution in [3.8, 4) is 5.75 Å². The molecule has 4 heteroatoms. The van der Waals surface area contributed by atoms with Gasteiger partial charge in [-0.1, -0.05) is 23.8 Å². The van der Waals surface area contributed by atoms with Crippen LogP contribution in [-0.2, 0) is 6.54 Å². The van der Waals surface area contributed by atoms with Gasteiger partial charge in [-0.2, -0.15) is 0 Å². The fourth-order valence-electron chi connectivity index (χ4n) is 2.30. The van der Waals surface area contributed by atoms with Gasteiger partial charge >= 0.3 is 0 Å². The summed E-state index contributed by atoms with van der Waals surface area (Å²) in [6, 6.07) is 10.8. The van der Waals surface area contributed by atoms with Gasteiger partial charge in [-0.3, -0.25) is 4.79 Å². The first-order valence-corrected chi connectivity index (χ1v) is 6.59. The van der Waals surface area contributed by atoms with Crippen LogP contribution in [0.1, 0.15) is 22.9 Å². The standard InChI is InChI=1S/C16H20N2O2/c1-11-7-8-15(20-3)13(9-11)14(17)10-18-12(2)5-4-6-16(18)19/h4-9,14H,10,17H2,1-3H3. The smallest absolute Gasteiger partial charge is 0.250 e. The molecule has 0 saturated heterocycles. The first-order chi connectivity index (χ1) is 9.52. The van der Waals surface area contributed by atoms with E-state index in [4.69, 9.17) is 10.5 Å². The van der Waals surface area contributed by atoms with E-state index >= 15 is 0 Å². The third-order valence-electron chi connectivity index (χ3n) is 3.43. The molecule has 0 aliphatic heterocycles. The number of methoxy groups -OCH3 is 1. The van der Waals surface area contributed by atoms with Crippen molar-refractivity contribution < 1.29 is 4.74 Å². The highest BCUT2D eigenvalue weighted by atomic mass is 16.5. The molecule has 2 N–H and O–H groups in total. The first-order valence-electron chi connectivity index (χ1n) is 6.59. The summed E-state index contributed by atoms with van der Waals surface area (Å²) in [6.07, 6.45) is 0. The number of hydrogen-bond donors (Lipinski definition) is 1. The van der Waals surface area contributed by atoms with E-state index < -0.39 is 0 Å². The first kappa shape index (κ1) is 14.3. The lowest BCUT2D eigenvalue weighted by Gasteiger charge is -2.19. The molecule has 0 bridgehead atoms. The fourth-order valence-corrected chi connectivity index (χ4v) is 2.30. The molecule has 20 heavy (non-hydrogen) atoms. The van der Waals surface area contributed by atoms with Gasteiger partial charge < -0.3 is 15.0 Å². The average molecular weight is 272 g/mol. The number of rotatable bonds is 4. The number of nitrogens with two attached hydrogens (primary N) is 1. The zero-order valence-electron chi connectivity index (χ0n) is 12.1. The summed E-state index contributed by atoms with van der Waals surface area (Å²) >= 11 is 0. The Morgan fingerprint density at radius 2 is 2.00 bits per heavy atom. The Labute approximate surface area is 118 Å². The van der Waals surface area contributed by atoms with Crippen LogP contribution in [0.4, 0.5) is 0 Å². The highest BCUT2D eigenvalue weighted by Gasteiger charge is 2.14. The molecular formula is C16H20N2O2. The van der Waals surface area contributed by atoms with E-state index in [0.717, 1.165) is 22.6 Å². The van der Waals surface area contributed by atoms with Gasteiger partial charge in [0.1, 0.15) is 5.75 Å². The predicted octanol–water partition coefficient (Wildman–Crippen LogP) is 2.17. The van der Waals surface area contributed by atoms with Gasteiger partial charge in [0, 0.05) is 23.9 Å². The van der Waals surface area contributed by atoms with Crippen LogP contribution in [-0.4, -0.2) is 11.7 Å². The molecule has 0 amide bonds. The zero-order chi connectivity index (χ0) is 14.7. The monoisotopic (exact) mass is 272 g/mol. The van der Waals surface area contributed by atoms with Gasteiger partial charge in [0.15, 0.2) is 0 Å². The van der Waals surface area contributed by atoms with Crippen LogP contribution in [0.2, 0.25) is 0 Å². The van der Waals surface area contributed by atoms with Gasteiger partial charge in [0.25, 0.3) is 5.56 Å². The van der Waals surface area contributed by atoms with Crippen LogP contribution >= 0.6 is 0 Å². The lowest BCUT2D eigenvalue weighted by Crippen LogP contribution is -2.28. The largest absolute Gasteiger partial charge is 0.496 e. The number of aromatic nitrogens is 1. The van der Waals surface area contributed by atoms with Crippen LogP contribution in [0.15, 0.2) is 41.2 Å². The quantitative estimate of drug-likeness (QED) is 0.928. The Morgan fingerprint density at radius 1 is 1.25 bits per heavy atom. The van der Waals surface area contributed by atoms with Gasteiger partial charge in [-0.15, -0.1) is 0 Å². The molecule has 1 aromatic carbocycles. The van der Waals surface area contributed by atoms with Crippen molar-refractivity contribution in [3.05, 3.63) is 63.6 Å². The fraction of sp³-hybridized carbons (Fsp3) is 0.312. The molecule has 0 spiro atoms. The minimum Gasteiger partial charge on any atom is -0.496 e. The molecule has 0 aliphatic rings. The van der Waals surface area contributed by atoms with Crippen molar-refractivity contribution in [2.24, 2.45) is 5.73 Å². The second-order valence-corrected chi connectivity index (χ2v) is 4.97. The van der Waals surface area contributed by atoms with Crippen molar-refractivity contribution in [3.63, 3.8) is 0 Å². The summed E-state index contributed by atoms with van der Waals surface area (Å²) < 4.78 is 7.04. The van der Waals surface area contributed by atoms with E-state index in [2.05, 4.69) is 0 Å². The molecule has 0 aliphatic carbocycles. The maximum Gasteiger partial charge on any atom is 0.250 e. The summed E-state index contributed by atoms with van der Waals surface area (Å²) in [4.78, 5) is 11.9. The van der Waals surface area contributed by atoms with Crippen molar-refractivity contribution in [2.45, 2.75) is 26.4 Å². The topological polar surface area (TPSA) is 57.2 Å². The van der Waals surface area contributed by atoms with Crippen LogP contribution in [0, 0.1) is 13.8 Å². The molecule has 4 nitrogen and oxygen atoms in total. The molecule has 2 aromatic rings. The molecule has 0 radical (unpaired) electrons. The summed E-state index contributed by atoms with van der Waals surface area (Å²) in [6.45, 7) is 4.35. The average Bonchev–Trinajstić information content (AvgIpc) is 2.43. The Kier molecular flexibility index (Phi) is 4.25. The third kappa shape index (κ3) is 2.91. The Morgan fingerprint density at radius 3 is 2.65 bits per heavy atom. The molecular weight excluding hydrogens is 252 g/mol. The minimum absolute atomic E-state index is 0.0351. The van der Waals surface area contributed by atoms with Crippen molar-refractivity contribution >= 4 is 0 Å². The zero-order valence-corrected chi connectivity index (χ0v) is 12.1. The van der Waals surface area contributed by atoms with Gasteiger partial charge in [0.2, 0.25) is 0 Å². The van der Waals surface area contributed by atoms with Crippen molar-refractivity contribution in [2.75, 3.05) is 7.11 Å². The molecule has 106 valence electrons. The highest BCUT2D eigenvalue weighted by molar-refractivity contribution is 5.39. The number of nitrogens with zero attached hydrogens (tertiary/aromatic N) is 1. The van der Waals surface area contributed by atoms with Crippen LogP contribution in [0.5, 0.6) is 5.75 Å². The number of benzene rings is 1. The lowest BCUT2D eigenvalue weighted by atomic mass is 10.0. The van der Waals surface area contributed by atoms with Gasteiger partial charge in [-0.05, 0) is 26.0 Å². The predicted molar refractivity (Wildman–Crippen MR) is 80.1 cm³/mol. The molecule has 0 fully saturated rings. The number of pyridine rings is 1. The van der Waals surface area contributed by atoms with E-state index in [1.165, 1.54) is 0 Å². The molecule has 1 aromatic heterocycles. The normalized spacial score (nSPS) is 12.2. The van der Waals surface area contributed by atoms with Crippen LogP contribution in [0.25, 0.3) is 0 Å². The second-order valence-electron chi connectivity index (χ2n) is 4.97. The number of ether oxygens (including phenoxy) is 1. The molecule has 1 heterocycles.